The van der Waals surface area contributed by atoms with Crippen LogP contribution < -0.4 is 9.64 Å². The van der Waals surface area contributed by atoms with Crippen LogP contribution in [0, 0.1) is 17.8 Å². The van der Waals surface area contributed by atoms with E-state index in [1.165, 1.54) is 11.0 Å². The maximum absolute atomic E-state index is 14.5. The van der Waals surface area contributed by atoms with E-state index in [1.807, 2.05) is 13.8 Å². The number of methoxy groups -OCH3 is 1. The molecule has 3 saturated heterocycles. The zero-order valence-corrected chi connectivity index (χ0v) is 22.4. The molecule has 2 bridgehead atoms. The lowest BCUT2D eigenvalue weighted by atomic mass is 9.70. The van der Waals surface area contributed by atoms with Crippen LogP contribution in [0.5, 0.6) is 5.75 Å². The molecule has 3 heterocycles. The van der Waals surface area contributed by atoms with Gasteiger partial charge in [0.05, 0.1) is 37.7 Å². The molecule has 1 aromatic carbocycles. The molecule has 2 amide bonds. The summed E-state index contributed by atoms with van der Waals surface area (Å²) in [6.07, 6.45) is 4.07. The minimum atomic E-state index is -1.19. The van der Waals surface area contributed by atoms with Gasteiger partial charge in [0.15, 0.2) is 0 Å². The molecule has 1 spiro atoms. The van der Waals surface area contributed by atoms with Gasteiger partial charge in [0.2, 0.25) is 5.91 Å². The highest BCUT2D eigenvalue weighted by molar-refractivity contribution is 6.04. The molecule has 1 N–H and O–H groups in total. The average Bonchev–Trinajstić information content (AvgIpc) is 3.56. The highest BCUT2D eigenvalue weighted by Gasteiger charge is 2.75. The Morgan fingerprint density at radius 2 is 1.97 bits per heavy atom. The maximum Gasteiger partial charge on any atom is 0.312 e. The summed E-state index contributed by atoms with van der Waals surface area (Å²) in [5.41, 5.74) is -0.575. The number of ether oxygens (including phenoxy) is 3. The van der Waals surface area contributed by atoms with Gasteiger partial charge in [-0.05, 0) is 49.4 Å². The molecule has 0 aromatic heterocycles. The molecule has 3 aliphatic rings. The molecule has 4 rings (SSSR count). The number of aliphatic hydroxyl groups excluding tert-OH is 1. The van der Waals surface area contributed by atoms with Crippen molar-refractivity contribution >= 4 is 23.5 Å². The number of nitrogens with zero attached hydrogens (tertiary/aromatic N) is 2. The van der Waals surface area contributed by atoms with E-state index in [1.54, 1.807) is 42.4 Å². The summed E-state index contributed by atoms with van der Waals surface area (Å²) in [4.78, 5) is 44.8. The van der Waals surface area contributed by atoms with E-state index in [9.17, 15) is 19.5 Å². The number of benzene rings is 1. The van der Waals surface area contributed by atoms with Gasteiger partial charge in [-0.25, -0.2) is 0 Å². The Kier molecular flexibility index (Phi) is 8.28. The van der Waals surface area contributed by atoms with Gasteiger partial charge >= 0.3 is 5.97 Å². The number of carbonyl (C=O) groups excluding carboxylic acids is 3. The molecule has 2 unspecified atom stereocenters. The number of carbonyl (C=O) groups is 3. The van der Waals surface area contributed by atoms with Gasteiger partial charge in [-0.1, -0.05) is 32.6 Å². The van der Waals surface area contributed by atoms with E-state index in [0.717, 1.165) is 0 Å². The fourth-order valence-electron chi connectivity index (χ4n) is 6.45. The predicted octanol–water partition coefficient (Wildman–Crippen LogP) is 2.73. The largest absolute Gasteiger partial charge is 0.497 e. The first-order chi connectivity index (χ1) is 18.2. The molecule has 206 valence electrons. The number of rotatable bonds is 12. The minimum Gasteiger partial charge on any atom is -0.497 e. The number of hydrogen-bond donors (Lipinski definition) is 1. The van der Waals surface area contributed by atoms with Crippen molar-refractivity contribution in [2.45, 2.75) is 56.9 Å². The number of hydrogen-bond acceptors (Lipinski definition) is 7. The second kappa shape index (κ2) is 11.3. The number of esters is 1. The normalized spacial score (nSPS) is 28.2. The Morgan fingerprint density at radius 1 is 1.26 bits per heavy atom. The topological polar surface area (TPSA) is 106 Å². The van der Waals surface area contributed by atoms with Crippen LogP contribution in [0.15, 0.2) is 49.6 Å². The van der Waals surface area contributed by atoms with E-state index in [4.69, 9.17) is 14.2 Å². The second-order valence-electron chi connectivity index (χ2n) is 10.6. The zero-order valence-electron chi connectivity index (χ0n) is 22.4. The lowest BCUT2D eigenvalue weighted by Crippen LogP contribution is -2.59. The molecule has 0 radical (unpaired) electrons. The molecular formula is C29H38N2O7. The maximum atomic E-state index is 14.5. The van der Waals surface area contributed by atoms with Crippen LogP contribution in [0.2, 0.25) is 0 Å². The summed E-state index contributed by atoms with van der Waals surface area (Å²) in [7, 11) is 1.57. The highest BCUT2D eigenvalue weighted by Crippen LogP contribution is 2.59. The second-order valence-corrected chi connectivity index (χ2v) is 10.6. The van der Waals surface area contributed by atoms with Crippen LogP contribution in [0.25, 0.3) is 0 Å². The van der Waals surface area contributed by atoms with Crippen molar-refractivity contribution in [2.75, 3.05) is 31.8 Å². The van der Waals surface area contributed by atoms with Crippen molar-refractivity contribution < 1.29 is 33.7 Å². The van der Waals surface area contributed by atoms with Gasteiger partial charge in [-0.2, -0.15) is 0 Å². The molecule has 38 heavy (non-hydrogen) atoms. The summed E-state index contributed by atoms with van der Waals surface area (Å²) in [6, 6.07) is 5.45. The highest BCUT2D eigenvalue weighted by atomic mass is 16.6. The number of likely N-dealkylation sites (tertiary alicyclic amines) is 1. The molecular weight excluding hydrogens is 488 g/mol. The van der Waals surface area contributed by atoms with E-state index in [-0.39, 0.29) is 37.5 Å². The number of fused-ring (bicyclic) bond motifs is 1. The Hall–Kier alpha value is -3.17. The third-order valence-corrected chi connectivity index (χ3v) is 7.90. The van der Waals surface area contributed by atoms with Crippen molar-refractivity contribution in [3.63, 3.8) is 0 Å². The van der Waals surface area contributed by atoms with Crippen LogP contribution in [-0.4, -0.2) is 78.4 Å². The molecule has 0 aliphatic carbocycles. The van der Waals surface area contributed by atoms with Crippen molar-refractivity contribution in [1.29, 1.82) is 0 Å². The van der Waals surface area contributed by atoms with Crippen LogP contribution in [0.1, 0.15) is 33.1 Å². The summed E-state index contributed by atoms with van der Waals surface area (Å²) in [5, 5.41) is 10.4. The lowest BCUT2D eigenvalue weighted by Gasteiger charge is -2.39. The van der Waals surface area contributed by atoms with Gasteiger partial charge in [-0.3, -0.25) is 14.4 Å². The summed E-state index contributed by atoms with van der Waals surface area (Å²) in [5.74, 6) is -2.09. The monoisotopic (exact) mass is 526 g/mol. The van der Waals surface area contributed by atoms with Gasteiger partial charge in [0.25, 0.3) is 5.91 Å². The van der Waals surface area contributed by atoms with Crippen molar-refractivity contribution in [3.8, 4) is 5.75 Å². The molecule has 9 nitrogen and oxygen atoms in total. The Balaban J connectivity index is 1.79. The first kappa shape index (κ1) is 27.9. The smallest absolute Gasteiger partial charge is 0.312 e. The van der Waals surface area contributed by atoms with E-state index in [2.05, 4.69) is 13.2 Å². The van der Waals surface area contributed by atoms with Crippen LogP contribution >= 0.6 is 0 Å². The number of amides is 2. The van der Waals surface area contributed by atoms with Gasteiger partial charge < -0.3 is 29.1 Å². The summed E-state index contributed by atoms with van der Waals surface area (Å²) in [6.45, 7) is 11.3. The van der Waals surface area contributed by atoms with Crippen LogP contribution in [-0.2, 0) is 23.9 Å². The molecule has 6 atom stereocenters. The summed E-state index contributed by atoms with van der Waals surface area (Å²) >= 11 is 0. The fourth-order valence-corrected chi connectivity index (χ4v) is 6.45. The van der Waals surface area contributed by atoms with Gasteiger partial charge in [-0.15, -0.1) is 6.58 Å². The summed E-state index contributed by atoms with van der Waals surface area (Å²) < 4.78 is 17.1. The molecule has 3 aliphatic heterocycles. The number of aliphatic hydroxyl groups is 1. The predicted molar refractivity (Wildman–Crippen MR) is 141 cm³/mol. The van der Waals surface area contributed by atoms with Crippen LogP contribution in [0.3, 0.4) is 0 Å². The first-order valence-corrected chi connectivity index (χ1v) is 13.2. The molecule has 1 aromatic rings. The third kappa shape index (κ3) is 4.62. The van der Waals surface area contributed by atoms with Gasteiger partial charge in [0, 0.05) is 12.2 Å². The van der Waals surface area contributed by atoms with Crippen molar-refractivity contribution in [3.05, 3.63) is 49.6 Å². The molecule has 3 fully saturated rings. The Labute approximate surface area is 224 Å². The first-order valence-electron chi connectivity index (χ1n) is 13.2. The lowest BCUT2D eigenvalue weighted by molar-refractivity contribution is -0.155. The van der Waals surface area contributed by atoms with Crippen LogP contribution in [0.4, 0.5) is 5.69 Å². The zero-order chi connectivity index (χ0) is 27.6. The Morgan fingerprint density at radius 3 is 2.55 bits per heavy atom. The number of anilines is 1. The standard InChI is InChI=1S/C29H38N2O7/c1-6-14-30(19-8-10-21(36-5)11-9-19)27(34)25-29-13-12-22(38-29)23(28(35)37-15-7-2)24(29)26(33)31(25)20(17-32)16-18(3)4/h6-11,18,20,22-25,32H,1-2,12-17H2,3-5H3/t20-,22+,23-,24+,25?,29?/m1/s1. The van der Waals surface area contributed by atoms with E-state index < -0.39 is 41.6 Å². The average molecular weight is 527 g/mol. The fraction of sp³-hybridized carbons (Fsp3) is 0.552. The Bertz CT molecular complexity index is 1070. The van der Waals surface area contributed by atoms with Crippen molar-refractivity contribution in [1.82, 2.24) is 4.90 Å². The molecule has 9 heteroatoms. The quantitative estimate of drug-likeness (QED) is 0.330. The minimum absolute atomic E-state index is 0.0270. The van der Waals surface area contributed by atoms with Crippen molar-refractivity contribution in [2.24, 2.45) is 17.8 Å². The molecule has 0 saturated carbocycles. The van der Waals surface area contributed by atoms with E-state index in [0.29, 0.717) is 30.7 Å². The van der Waals surface area contributed by atoms with E-state index >= 15 is 0 Å². The van der Waals surface area contributed by atoms with Gasteiger partial charge in [0.1, 0.15) is 24.0 Å². The SMILES string of the molecule is C=CCOC(=O)[C@@H]1[C@@H]2CCC3(O2)C(C(=O)N(CC=C)c2ccc(OC)cc2)N([C@@H](CO)CC(C)C)C(=O)[C@H]13. The third-order valence-electron chi connectivity index (χ3n) is 7.90.